The Bertz CT molecular complexity index is 295. The molecule has 0 aliphatic rings. The van der Waals surface area contributed by atoms with Gasteiger partial charge in [-0.1, -0.05) is 12.1 Å². The van der Waals surface area contributed by atoms with Crippen molar-refractivity contribution in [2.24, 2.45) is 0 Å². The standard InChI is InChI=1S/C10H11NO3/c12-7-11-10-3-1-9(2-4-10)5-6-14-8-13/h1-4,7-8H,5-6H2,(H,11,12). The summed E-state index contributed by atoms with van der Waals surface area (Å²) < 4.78 is 4.56. The van der Waals surface area contributed by atoms with Crippen LogP contribution in [0.15, 0.2) is 24.3 Å². The fraction of sp³-hybridized carbons (Fsp3) is 0.200. The van der Waals surface area contributed by atoms with Crippen LogP contribution in [0.3, 0.4) is 0 Å². The van der Waals surface area contributed by atoms with Gasteiger partial charge in [0.15, 0.2) is 0 Å². The van der Waals surface area contributed by atoms with Crippen molar-refractivity contribution in [3.8, 4) is 0 Å². The van der Waals surface area contributed by atoms with Crippen molar-refractivity contribution in [3.05, 3.63) is 29.8 Å². The highest BCUT2D eigenvalue weighted by atomic mass is 16.5. The van der Waals surface area contributed by atoms with Crippen molar-refractivity contribution < 1.29 is 14.3 Å². The third-order valence-electron chi connectivity index (χ3n) is 1.76. The third-order valence-corrected chi connectivity index (χ3v) is 1.76. The molecular formula is C10H11NO3. The van der Waals surface area contributed by atoms with E-state index in [1.165, 1.54) is 0 Å². The molecule has 14 heavy (non-hydrogen) atoms. The van der Waals surface area contributed by atoms with Crippen molar-refractivity contribution in [2.75, 3.05) is 11.9 Å². The van der Waals surface area contributed by atoms with Crippen molar-refractivity contribution in [3.63, 3.8) is 0 Å². The Balaban J connectivity index is 2.46. The molecular weight excluding hydrogens is 182 g/mol. The summed E-state index contributed by atoms with van der Waals surface area (Å²) in [7, 11) is 0. The Hall–Kier alpha value is -1.84. The molecule has 1 N–H and O–H groups in total. The van der Waals surface area contributed by atoms with E-state index in [0.29, 0.717) is 25.9 Å². The van der Waals surface area contributed by atoms with Crippen molar-refractivity contribution in [2.45, 2.75) is 6.42 Å². The van der Waals surface area contributed by atoms with Gasteiger partial charge < -0.3 is 10.1 Å². The predicted octanol–water partition coefficient (Wildman–Crippen LogP) is 0.970. The predicted molar refractivity (Wildman–Crippen MR) is 51.8 cm³/mol. The average Bonchev–Trinajstić information content (AvgIpc) is 2.21. The molecule has 74 valence electrons. The highest BCUT2D eigenvalue weighted by molar-refractivity contribution is 5.70. The van der Waals surface area contributed by atoms with Crippen molar-refractivity contribution in [1.29, 1.82) is 0 Å². The Kier molecular flexibility index (Phi) is 4.20. The Morgan fingerprint density at radius 1 is 1.21 bits per heavy atom. The second-order valence-corrected chi connectivity index (χ2v) is 2.68. The zero-order valence-electron chi connectivity index (χ0n) is 7.60. The van der Waals surface area contributed by atoms with E-state index < -0.39 is 0 Å². The fourth-order valence-corrected chi connectivity index (χ4v) is 1.06. The quantitative estimate of drug-likeness (QED) is 0.541. The van der Waals surface area contributed by atoms with Gasteiger partial charge in [0.25, 0.3) is 6.47 Å². The molecule has 0 aromatic heterocycles. The third kappa shape index (κ3) is 3.26. The van der Waals surface area contributed by atoms with Crippen LogP contribution in [0, 0.1) is 0 Å². The molecule has 0 heterocycles. The molecule has 1 rings (SSSR count). The molecule has 0 aliphatic heterocycles. The number of ether oxygens (including phenoxy) is 1. The maximum atomic E-state index is 10.1. The maximum absolute atomic E-state index is 10.1. The minimum Gasteiger partial charge on any atom is -0.468 e. The average molecular weight is 193 g/mol. The van der Waals surface area contributed by atoms with Gasteiger partial charge in [0, 0.05) is 12.1 Å². The van der Waals surface area contributed by atoms with Gasteiger partial charge in [-0.15, -0.1) is 0 Å². The summed E-state index contributed by atoms with van der Waals surface area (Å²) in [5, 5.41) is 2.53. The van der Waals surface area contributed by atoms with E-state index in [4.69, 9.17) is 0 Å². The van der Waals surface area contributed by atoms with Crippen LogP contribution < -0.4 is 5.32 Å². The number of anilines is 1. The van der Waals surface area contributed by atoms with E-state index in [2.05, 4.69) is 10.1 Å². The lowest BCUT2D eigenvalue weighted by atomic mass is 10.1. The van der Waals surface area contributed by atoms with Crippen molar-refractivity contribution >= 4 is 18.6 Å². The van der Waals surface area contributed by atoms with Crippen LogP contribution in [-0.4, -0.2) is 19.5 Å². The molecule has 0 radical (unpaired) electrons. The summed E-state index contributed by atoms with van der Waals surface area (Å²) in [6, 6.07) is 7.34. The minimum atomic E-state index is 0.379. The molecule has 1 aromatic carbocycles. The molecule has 0 spiro atoms. The lowest BCUT2D eigenvalue weighted by molar-refractivity contribution is -0.128. The van der Waals surface area contributed by atoms with Gasteiger partial charge >= 0.3 is 0 Å². The topological polar surface area (TPSA) is 55.4 Å². The van der Waals surface area contributed by atoms with Gasteiger partial charge in [-0.3, -0.25) is 9.59 Å². The van der Waals surface area contributed by atoms with E-state index in [1.54, 1.807) is 12.1 Å². The first kappa shape index (κ1) is 10.2. The largest absolute Gasteiger partial charge is 0.468 e. The van der Waals surface area contributed by atoms with Crippen LogP contribution in [0.4, 0.5) is 5.69 Å². The molecule has 4 nitrogen and oxygen atoms in total. The summed E-state index contributed by atoms with van der Waals surface area (Å²) in [6.45, 7) is 0.812. The van der Waals surface area contributed by atoms with E-state index in [0.717, 1.165) is 11.3 Å². The molecule has 0 unspecified atom stereocenters. The molecule has 1 amide bonds. The molecule has 0 saturated heterocycles. The summed E-state index contributed by atoms with van der Waals surface area (Å²) in [5.74, 6) is 0. The number of hydrogen-bond donors (Lipinski definition) is 1. The minimum absolute atomic E-state index is 0.379. The van der Waals surface area contributed by atoms with Crippen LogP contribution in [0.5, 0.6) is 0 Å². The van der Waals surface area contributed by atoms with Gasteiger partial charge in [0.2, 0.25) is 6.41 Å². The molecule has 4 heteroatoms. The van der Waals surface area contributed by atoms with E-state index in [1.807, 2.05) is 12.1 Å². The molecule has 0 bridgehead atoms. The zero-order chi connectivity index (χ0) is 10.2. The van der Waals surface area contributed by atoms with Crippen LogP contribution >= 0.6 is 0 Å². The zero-order valence-corrected chi connectivity index (χ0v) is 7.60. The number of hydrogen-bond acceptors (Lipinski definition) is 3. The summed E-state index contributed by atoms with van der Waals surface area (Å²) >= 11 is 0. The second-order valence-electron chi connectivity index (χ2n) is 2.68. The fourth-order valence-electron chi connectivity index (χ4n) is 1.06. The summed E-state index contributed by atoms with van der Waals surface area (Å²) in [6.07, 6.45) is 1.31. The first-order valence-corrected chi connectivity index (χ1v) is 4.21. The Morgan fingerprint density at radius 3 is 2.50 bits per heavy atom. The van der Waals surface area contributed by atoms with Crippen LogP contribution in [0.1, 0.15) is 5.56 Å². The van der Waals surface area contributed by atoms with E-state index >= 15 is 0 Å². The SMILES string of the molecule is O=CNc1ccc(CCOC=O)cc1. The number of benzene rings is 1. The van der Waals surface area contributed by atoms with Crippen LogP contribution in [0.25, 0.3) is 0 Å². The van der Waals surface area contributed by atoms with Crippen molar-refractivity contribution in [1.82, 2.24) is 0 Å². The van der Waals surface area contributed by atoms with Crippen LogP contribution in [-0.2, 0) is 20.7 Å². The molecule has 0 saturated carbocycles. The lowest BCUT2D eigenvalue weighted by Gasteiger charge is -2.02. The molecule has 0 aliphatic carbocycles. The number of nitrogens with one attached hydrogen (secondary N) is 1. The van der Waals surface area contributed by atoms with E-state index in [-0.39, 0.29) is 0 Å². The van der Waals surface area contributed by atoms with E-state index in [9.17, 15) is 9.59 Å². The molecule has 0 atom stereocenters. The normalized spacial score (nSPS) is 9.14. The second kappa shape index (κ2) is 5.75. The highest BCUT2D eigenvalue weighted by Crippen LogP contribution is 2.08. The van der Waals surface area contributed by atoms with Gasteiger partial charge in [0.05, 0.1) is 6.61 Å². The maximum Gasteiger partial charge on any atom is 0.293 e. The smallest absolute Gasteiger partial charge is 0.293 e. The number of carbonyl (C=O) groups is 2. The highest BCUT2D eigenvalue weighted by Gasteiger charge is 1.93. The summed E-state index contributed by atoms with van der Waals surface area (Å²) in [4.78, 5) is 20.0. The van der Waals surface area contributed by atoms with Crippen LogP contribution in [0.2, 0.25) is 0 Å². The number of carbonyl (C=O) groups excluding carboxylic acids is 2. The number of rotatable bonds is 6. The number of amides is 1. The lowest BCUT2D eigenvalue weighted by Crippen LogP contribution is -1.97. The van der Waals surface area contributed by atoms with Gasteiger partial charge in [-0.2, -0.15) is 0 Å². The Morgan fingerprint density at radius 2 is 1.93 bits per heavy atom. The van der Waals surface area contributed by atoms with Gasteiger partial charge in [0.1, 0.15) is 0 Å². The monoisotopic (exact) mass is 193 g/mol. The molecule has 0 fully saturated rings. The molecule has 1 aromatic rings. The summed E-state index contributed by atoms with van der Waals surface area (Å²) in [5.41, 5.74) is 1.81. The van der Waals surface area contributed by atoms with Gasteiger partial charge in [-0.25, -0.2) is 0 Å². The van der Waals surface area contributed by atoms with Gasteiger partial charge in [-0.05, 0) is 17.7 Å². The first-order valence-electron chi connectivity index (χ1n) is 4.21. The first-order chi connectivity index (χ1) is 6.86. The Labute approximate surface area is 81.9 Å².